The van der Waals surface area contributed by atoms with Crippen LogP contribution in [-0.2, 0) is 0 Å². The quantitative estimate of drug-likeness (QED) is 0.180. The van der Waals surface area contributed by atoms with Crippen LogP contribution < -0.4 is 0 Å². The number of benzene rings is 8. The summed E-state index contributed by atoms with van der Waals surface area (Å²) in [6.45, 7) is 4.50. The molecule has 0 spiro atoms. The highest BCUT2D eigenvalue weighted by molar-refractivity contribution is 7.26. The first-order chi connectivity index (χ1) is 22.1. The van der Waals surface area contributed by atoms with Gasteiger partial charge in [-0.1, -0.05) is 121 Å². The molecule has 8 aromatic carbocycles. The number of rotatable bonds is 3. The van der Waals surface area contributed by atoms with Crippen LogP contribution in [0.5, 0.6) is 0 Å². The summed E-state index contributed by atoms with van der Waals surface area (Å²) in [7, 11) is 0. The molecule has 0 nitrogen and oxygen atoms in total. The second kappa shape index (κ2) is 10.2. The predicted octanol–water partition coefficient (Wildman–Crippen LogP) is 13.1. The van der Waals surface area contributed by atoms with E-state index < -0.39 is 0 Å². The number of aryl methyl sites for hydroxylation is 2. The van der Waals surface area contributed by atoms with Gasteiger partial charge in [-0.3, -0.25) is 0 Å². The Hall–Kier alpha value is -5.24. The second-order valence-electron chi connectivity index (χ2n) is 12.2. The van der Waals surface area contributed by atoms with Crippen LogP contribution in [0, 0.1) is 13.8 Å². The van der Waals surface area contributed by atoms with Crippen LogP contribution in [-0.4, -0.2) is 0 Å². The van der Waals surface area contributed by atoms with Crippen molar-refractivity contribution in [2.45, 2.75) is 13.8 Å². The summed E-state index contributed by atoms with van der Waals surface area (Å²) in [6, 6.07) is 54.0. The fourth-order valence-electron chi connectivity index (χ4n) is 7.28. The van der Waals surface area contributed by atoms with Gasteiger partial charge in [-0.15, -0.1) is 11.3 Å². The Kier molecular flexibility index (Phi) is 5.91. The Balaban J connectivity index is 1.21. The van der Waals surface area contributed by atoms with E-state index in [0.717, 1.165) is 0 Å². The highest BCUT2D eigenvalue weighted by Gasteiger charge is 2.15. The number of hydrogen-bond donors (Lipinski definition) is 0. The van der Waals surface area contributed by atoms with Crippen molar-refractivity contribution >= 4 is 63.8 Å². The summed E-state index contributed by atoms with van der Waals surface area (Å²) in [6.07, 6.45) is 0. The molecule has 0 unspecified atom stereocenters. The van der Waals surface area contributed by atoms with Gasteiger partial charge in [0, 0.05) is 20.2 Å². The van der Waals surface area contributed by atoms with Crippen LogP contribution in [0.2, 0.25) is 0 Å². The molecule has 1 aromatic heterocycles. The van der Waals surface area contributed by atoms with Crippen LogP contribution >= 0.6 is 11.3 Å². The van der Waals surface area contributed by atoms with Gasteiger partial charge in [0.25, 0.3) is 0 Å². The van der Waals surface area contributed by atoms with Gasteiger partial charge in [0.15, 0.2) is 0 Å². The molecule has 0 aliphatic heterocycles. The molecule has 1 heteroatoms. The van der Waals surface area contributed by atoms with Gasteiger partial charge in [0.2, 0.25) is 0 Å². The number of thiophene rings is 1. The minimum absolute atomic E-state index is 1.24. The van der Waals surface area contributed by atoms with Crippen molar-refractivity contribution in [2.24, 2.45) is 0 Å². The van der Waals surface area contributed by atoms with E-state index in [1.165, 1.54) is 97.0 Å². The third-order valence-corrected chi connectivity index (χ3v) is 10.7. The molecule has 45 heavy (non-hydrogen) atoms. The zero-order chi connectivity index (χ0) is 30.1. The molecule has 0 amide bonds. The Morgan fingerprint density at radius 3 is 1.64 bits per heavy atom. The monoisotopic (exact) mass is 590 g/mol. The average molecular weight is 591 g/mol. The van der Waals surface area contributed by atoms with Crippen molar-refractivity contribution < 1.29 is 0 Å². The summed E-state index contributed by atoms with van der Waals surface area (Å²) < 4.78 is 2.69. The van der Waals surface area contributed by atoms with Crippen molar-refractivity contribution in [3.8, 4) is 33.4 Å². The maximum absolute atomic E-state index is 2.43. The molecule has 1 heterocycles. The third-order valence-electron chi connectivity index (χ3n) is 9.53. The molecule has 9 aromatic rings. The molecule has 0 bridgehead atoms. The topological polar surface area (TPSA) is 0 Å². The summed E-state index contributed by atoms with van der Waals surface area (Å²) in [5, 5.41) is 10.6. The minimum Gasteiger partial charge on any atom is -0.135 e. The second-order valence-corrected chi connectivity index (χ2v) is 13.2. The lowest BCUT2D eigenvalue weighted by Gasteiger charge is -2.16. The van der Waals surface area contributed by atoms with Crippen molar-refractivity contribution in [2.75, 3.05) is 0 Å². The molecule has 0 fully saturated rings. The summed E-state index contributed by atoms with van der Waals surface area (Å²) in [5.41, 5.74) is 10.2. The van der Waals surface area contributed by atoms with Gasteiger partial charge in [0.05, 0.1) is 0 Å². The van der Waals surface area contributed by atoms with Crippen molar-refractivity contribution in [1.82, 2.24) is 0 Å². The zero-order valence-corrected chi connectivity index (χ0v) is 26.1. The van der Waals surface area contributed by atoms with E-state index in [-0.39, 0.29) is 0 Å². The summed E-state index contributed by atoms with van der Waals surface area (Å²) >= 11 is 1.89. The number of fused-ring (bicyclic) bond motifs is 9. The van der Waals surface area contributed by atoms with Gasteiger partial charge in [0.1, 0.15) is 0 Å². The molecule has 0 saturated carbocycles. The van der Waals surface area contributed by atoms with Crippen LogP contribution in [0.25, 0.3) is 85.9 Å². The van der Waals surface area contributed by atoms with Gasteiger partial charge in [-0.2, -0.15) is 0 Å². The molecule has 0 saturated heterocycles. The van der Waals surface area contributed by atoms with E-state index in [1.54, 1.807) is 0 Å². The van der Waals surface area contributed by atoms with E-state index >= 15 is 0 Å². The van der Waals surface area contributed by atoms with Crippen LogP contribution in [0.3, 0.4) is 0 Å². The van der Waals surface area contributed by atoms with Crippen LogP contribution in [0.4, 0.5) is 0 Å². The first kappa shape index (κ1) is 26.2. The normalized spacial score (nSPS) is 11.8. The van der Waals surface area contributed by atoms with Crippen LogP contribution in [0.1, 0.15) is 11.1 Å². The lowest BCUT2D eigenvalue weighted by molar-refractivity contribution is 1.42. The standard InChI is InChI=1S/C44H30S/c1-27-21-22-30(29-11-9-12-31(24-29)32-18-10-19-38-37-17-7-8-20-43(37)45-44(32)38)25-39(27)40-26-42-36-16-6-4-14-34(36)33-13-3-5-15-35(33)41(42)23-28(40)2/h3-26H,1-2H3. The first-order valence-electron chi connectivity index (χ1n) is 15.6. The molecular formula is C44H30S. The van der Waals surface area contributed by atoms with Crippen molar-refractivity contribution in [1.29, 1.82) is 0 Å². The average Bonchev–Trinajstić information content (AvgIpc) is 3.48. The van der Waals surface area contributed by atoms with Gasteiger partial charge < -0.3 is 0 Å². The maximum atomic E-state index is 2.43. The van der Waals surface area contributed by atoms with E-state index in [4.69, 9.17) is 0 Å². The molecule has 9 rings (SSSR count). The van der Waals surface area contributed by atoms with Gasteiger partial charge in [-0.05, 0) is 115 Å². The Bertz CT molecular complexity index is 2620. The SMILES string of the molecule is Cc1ccc(-c2cccc(-c3cccc4c3sc3ccccc34)c2)cc1-c1cc2c3ccccc3c3ccccc3c2cc1C. The number of hydrogen-bond acceptors (Lipinski definition) is 1. The van der Waals surface area contributed by atoms with E-state index in [0.29, 0.717) is 0 Å². The smallest absolute Gasteiger partial charge is 0.0433 e. The Morgan fingerprint density at radius 1 is 0.333 bits per heavy atom. The van der Waals surface area contributed by atoms with Gasteiger partial charge in [-0.25, -0.2) is 0 Å². The fraction of sp³-hybridized carbons (Fsp3) is 0.0455. The van der Waals surface area contributed by atoms with E-state index in [9.17, 15) is 0 Å². The Morgan fingerprint density at radius 2 is 0.889 bits per heavy atom. The molecule has 212 valence electrons. The molecule has 0 aliphatic rings. The minimum atomic E-state index is 1.24. The first-order valence-corrected chi connectivity index (χ1v) is 16.4. The molecule has 0 N–H and O–H groups in total. The maximum Gasteiger partial charge on any atom is 0.0433 e. The van der Waals surface area contributed by atoms with E-state index in [1.807, 2.05) is 11.3 Å². The highest BCUT2D eigenvalue weighted by Crippen LogP contribution is 2.42. The lowest BCUT2D eigenvalue weighted by Crippen LogP contribution is -1.91. The van der Waals surface area contributed by atoms with Crippen LogP contribution in [0.15, 0.2) is 146 Å². The third kappa shape index (κ3) is 4.12. The summed E-state index contributed by atoms with van der Waals surface area (Å²) in [4.78, 5) is 0. The van der Waals surface area contributed by atoms with Gasteiger partial charge >= 0.3 is 0 Å². The van der Waals surface area contributed by atoms with Crippen molar-refractivity contribution in [3.63, 3.8) is 0 Å². The zero-order valence-electron chi connectivity index (χ0n) is 25.3. The Labute approximate surface area is 266 Å². The molecule has 0 atom stereocenters. The molecule has 0 radical (unpaired) electrons. The highest BCUT2D eigenvalue weighted by atomic mass is 32.1. The molecular weight excluding hydrogens is 561 g/mol. The lowest BCUT2D eigenvalue weighted by atomic mass is 9.87. The largest absolute Gasteiger partial charge is 0.135 e. The fourth-order valence-corrected chi connectivity index (χ4v) is 8.52. The van der Waals surface area contributed by atoms with E-state index in [2.05, 4.69) is 159 Å². The summed E-state index contributed by atoms with van der Waals surface area (Å²) in [5.74, 6) is 0. The van der Waals surface area contributed by atoms with Crippen molar-refractivity contribution in [3.05, 3.63) is 157 Å². The molecule has 0 aliphatic carbocycles. The predicted molar refractivity (Wildman–Crippen MR) is 198 cm³/mol.